The average molecular weight is 531 g/mol. The van der Waals surface area contributed by atoms with Crippen molar-refractivity contribution >= 4 is 66.0 Å². The van der Waals surface area contributed by atoms with Crippen molar-refractivity contribution in [1.29, 1.82) is 0 Å². The Hall–Kier alpha value is -1.69. The topological polar surface area (TPSA) is 112 Å². The Morgan fingerprint density at radius 1 is 1.42 bits per heavy atom. The van der Waals surface area contributed by atoms with Crippen LogP contribution in [0.4, 0.5) is 9.93 Å². The molecule has 2 heterocycles. The van der Waals surface area contributed by atoms with Gasteiger partial charge in [0, 0.05) is 17.6 Å². The highest BCUT2D eigenvalue weighted by Crippen LogP contribution is 2.45. The fraction of sp³-hybridized carbons (Fsp3) is 0.429. The fourth-order valence-electron chi connectivity index (χ4n) is 4.32. The number of nitrogens with one attached hydrogen (secondary N) is 2. The molecule has 4 rings (SSSR count). The number of halogens is 2. The highest BCUT2D eigenvalue weighted by Gasteiger charge is 2.47. The lowest BCUT2D eigenvalue weighted by Gasteiger charge is -2.33. The standard InChI is InChI=1S/C21H24Cl2N4O4S2/c1-27-11-3-4-14(27)8-10-24-19(28)26-20-25-16-7-6-13(12-17(16)32-20)21(23)9-2-5-15(22)18(21)33(29,30)31/h2,5-7,9,12,14,18H,3-4,8,10-11H2,1H3,(H,29,30,31)(H2,24,25,26,28). The van der Waals surface area contributed by atoms with Crippen LogP contribution in [-0.4, -0.2) is 60.3 Å². The molecule has 0 saturated carbocycles. The van der Waals surface area contributed by atoms with E-state index in [-0.39, 0.29) is 11.1 Å². The summed E-state index contributed by atoms with van der Waals surface area (Å²) >= 11 is 14.0. The molecule has 3 N–H and O–H groups in total. The number of alkyl halides is 1. The number of urea groups is 1. The van der Waals surface area contributed by atoms with E-state index in [2.05, 4.69) is 27.6 Å². The molecule has 12 heteroatoms. The highest BCUT2D eigenvalue weighted by atomic mass is 35.5. The molecule has 1 saturated heterocycles. The summed E-state index contributed by atoms with van der Waals surface area (Å²) in [6, 6.07) is 5.18. The first kappa shape index (κ1) is 24.4. The van der Waals surface area contributed by atoms with Crippen molar-refractivity contribution in [1.82, 2.24) is 15.2 Å². The third-order valence-electron chi connectivity index (χ3n) is 6.01. The molecule has 33 heavy (non-hydrogen) atoms. The molecule has 1 aliphatic carbocycles. The predicted molar refractivity (Wildman–Crippen MR) is 133 cm³/mol. The average Bonchev–Trinajstić information content (AvgIpc) is 3.31. The first-order chi connectivity index (χ1) is 15.6. The molecule has 0 radical (unpaired) electrons. The zero-order valence-corrected chi connectivity index (χ0v) is 20.9. The lowest BCUT2D eigenvalue weighted by molar-refractivity contribution is 0.248. The molecule has 2 aromatic rings. The van der Waals surface area contributed by atoms with Crippen LogP contribution < -0.4 is 10.6 Å². The van der Waals surface area contributed by atoms with Gasteiger partial charge in [0.25, 0.3) is 10.1 Å². The summed E-state index contributed by atoms with van der Waals surface area (Å²) in [4.78, 5) is 17.4. The lowest BCUT2D eigenvalue weighted by Crippen LogP contribution is -2.40. The van der Waals surface area contributed by atoms with Crippen molar-refractivity contribution in [3.63, 3.8) is 0 Å². The number of fused-ring (bicyclic) bond motifs is 1. The molecule has 1 aromatic carbocycles. The smallest absolute Gasteiger partial charge is 0.321 e. The molecule has 178 valence electrons. The zero-order valence-electron chi connectivity index (χ0n) is 17.8. The molecule has 1 fully saturated rings. The predicted octanol–water partition coefficient (Wildman–Crippen LogP) is 4.29. The van der Waals surface area contributed by atoms with Crippen LogP contribution in [0.15, 0.2) is 41.5 Å². The lowest BCUT2D eigenvalue weighted by atomic mass is 9.90. The monoisotopic (exact) mass is 530 g/mol. The number of aromatic nitrogens is 1. The minimum Gasteiger partial charge on any atom is -0.338 e. The summed E-state index contributed by atoms with van der Waals surface area (Å²) in [6.07, 6.45) is 7.65. The van der Waals surface area contributed by atoms with Gasteiger partial charge in [-0.15, -0.1) is 11.6 Å². The van der Waals surface area contributed by atoms with Gasteiger partial charge in [-0.1, -0.05) is 41.2 Å². The van der Waals surface area contributed by atoms with Gasteiger partial charge >= 0.3 is 6.03 Å². The van der Waals surface area contributed by atoms with Crippen LogP contribution in [-0.2, 0) is 15.0 Å². The van der Waals surface area contributed by atoms with Gasteiger partial charge in [-0.3, -0.25) is 9.87 Å². The molecule has 2 amide bonds. The van der Waals surface area contributed by atoms with Crippen LogP contribution in [0.1, 0.15) is 24.8 Å². The van der Waals surface area contributed by atoms with Crippen LogP contribution in [0.5, 0.6) is 0 Å². The van der Waals surface area contributed by atoms with E-state index in [1.807, 2.05) is 0 Å². The van der Waals surface area contributed by atoms with Gasteiger partial charge in [-0.25, -0.2) is 9.78 Å². The Morgan fingerprint density at radius 3 is 2.91 bits per heavy atom. The summed E-state index contributed by atoms with van der Waals surface area (Å²) in [5.41, 5.74) is 1.05. The number of carbonyl (C=O) groups excluding carboxylic acids is 1. The van der Waals surface area contributed by atoms with E-state index in [9.17, 15) is 17.8 Å². The van der Waals surface area contributed by atoms with Crippen LogP contribution in [0.3, 0.4) is 0 Å². The maximum Gasteiger partial charge on any atom is 0.321 e. The van der Waals surface area contributed by atoms with E-state index >= 15 is 0 Å². The minimum absolute atomic E-state index is 0.0813. The van der Waals surface area contributed by atoms with E-state index in [0.29, 0.717) is 33.5 Å². The van der Waals surface area contributed by atoms with Crippen molar-refractivity contribution in [3.8, 4) is 0 Å². The van der Waals surface area contributed by atoms with Crippen LogP contribution in [0, 0.1) is 0 Å². The molecule has 3 unspecified atom stereocenters. The van der Waals surface area contributed by atoms with Gasteiger partial charge in [0.05, 0.1) is 10.2 Å². The SMILES string of the molecule is CN1CCCC1CCNC(=O)Nc1nc2ccc(C3(Cl)C=CC=C(Cl)C3S(=O)(=O)O)cc2s1. The third-order valence-corrected chi connectivity index (χ3v) is 9.33. The molecule has 3 atom stereocenters. The second-order valence-electron chi connectivity index (χ2n) is 8.22. The number of hydrogen-bond donors (Lipinski definition) is 3. The molecular formula is C21H24Cl2N4O4S2. The minimum atomic E-state index is -4.58. The summed E-state index contributed by atoms with van der Waals surface area (Å²) in [5.74, 6) is 0. The van der Waals surface area contributed by atoms with E-state index in [1.54, 1.807) is 24.3 Å². The van der Waals surface area contributed by atoms with E-state index in [4.69, 9.17) is 23.2 Å². The molecule has 1 aromatic heterocycles. The largest absolute Gasteiger partial charge is 0.338 e. The normalized spacial score (nSPS) is 25.9. The van der Waals surface area contributed by atoms with Crippen LogP contribution in [0.25, 0.3) is 10.2 Å². The number of anilines is 1. The Bertz CT molecular complexity index is 1230. The van der Waals surface area contributed by atoms with Crippen molar-refractivity contribution in [2.45, 2.75) is 35.4 Å². The quantitative estimate of drug-likeness (QED) is 0.379. The van der Waals surface area contributed by atoms with Crippen molar-refractivity contribution in [3.05, 3.63) is 47.0 Å². The number of carbonyl (C=O) groups is 1. The van der Waals surface area contributed by atoms with Crippen LogP contribution >= 0.6 is 34.5 Å². The number of thiazole rings is 1. The number of rotatable bonds is 6. The maximum absolute atomic E-state index is 12.3. The summed E-state index contributed by atoms with van der Waals surface area (Å²) in [5, 5.41) is 4.40. The Labute approximate surface area is 206 Å². The molecule has 1 aliphatic heterocycles. The number of allylic oxidation sites excluding steroid dienone is 3. The van der Waals surface area contributed by atoms with Crippen molar-refractivity contribution in [2.75, 3.05) is 25.5 Å². The molecular weight excluding hydrogens is 507 g/mol. The summed E-state index contributed by atoms with van der Waals surface area (Å²) < 4.78 is 34.5. The third kappa shape index (κ3) is 5.21. The van der Waals surface area contributed by atoms with Crippen LogP contribution in [0.2, 0.25) is 0 Å². The Kier molecular flexibility index (Phi) is 7.05. The van der Waals surface area contributed by atoms with Gasteiger partial charge in [0.1, 0.15) is 10.1 Å². The Balaban J connectivity index is 1.48. The van der Waals surface area contributed by atoms with E-state index in [0.717, 1.165) is 19.4 Å². The zero-order chi connectivity index (χ0) is 23.8. The molecule has 2 aliphatic rings. The fourth-order valence-corrected chi connectivity index (χ4v) is 7.51. The first-order valence-corrected chi connectivity index (χ1v) is 13.5. The summed E-state index contributed by atoms with van der Waals surface area (Å²) in [6.45, 7) is 1.67. The number of amides is 2. The number of nitrogens with zero attached hydrogens (tertiary/aromatic N) is 2. The Morgan fingerprint density at radius 2 is 2.21 bits per heavy atom. The van der Waals surface area contributed by atoms with Gasteiger partial charge in [0.2, 0.25) is 0 Å². The van der Waals surface area contributed by atoms with Crippen molar-refractivity contribution < 1.29 is 17.8 Å². The molecule has 0 spiro atoms. The van der Waals surface area contributed by atoms with Gasteiger partial charge in [-0.2, -0.15) is 8.42 Å². The summed E-state index contributed by atoms with van der Waals surface area (Å²) in [7, 11) is -2.48. The molecule has 8 nitrogen and oxygen atoms in total. The van der Waals surface area contributed by atoms with E-state index < -0.39 is 20.2 Å². The maximum atomic E-state index is 12.3. The van der Waals surface area contributed by atoms with Crippen molar-refractivity contribution in [2.24, 2.45) is 0 Å². The first-order valence-electron chi connectivity index (χ1n) is 10.4. The van der Waals surface area contributed by atoms with Gasteiger partial charge in [-0.05, 0) is 56.6 Å². The number of benzene rings is 1. The highest BCUT2D eigenvalue weighted by molar-refractivity contribution is 7.86. The van der Waals surface area contributed by atoms with E-state index in [1.165, 1.54) is 29.9 Å². The van der Waals surface area contributed by atoms with Gasteiger partial charge < -0.3 is 10.2 Å². The number of likely N-dealkylation sites (tertiary alicyclic amines) is 1. The number of hydrogen-bond acceptors (Lipinski definition) is 6. The second kappa shape index (κ2) is 9.52. The second-order valence-corrected chi connectivity index (χ2v) is 11.8. The molecule has 0 bridgehead atoms. The van der Waals surface area contributed by atoms with Gasteiger partial charge in [0.15, 0.2) is 5.13 Å².